The number of benzene rings is 1. The van der Waals surface area contributed by atoms with Gasteiger partial charge in [0.05, 0.1) is 24.8 Å². The fraction of sp³-hybridized carbons (Fsp3) is 0.438. The van der Waals surface area contributed by atoms with Crippen molar-refractivity contribution in [1.82, 2.24) is 0 Å². The van der Waals surface area contributed by atoms with Crippen LogP contribution >= 0.6 is 0 Å². The summed E-state index contributed by atoms with van der Waals surface area (Å²) in [5.41, 5.74) is 1.28. The second-order valence-electron chi connectivity index (χ2n) is 4.84. The summed E-state index contributed by atoms with van der Waals surface area (Å²) >= 11 is 0. The lowest BCUT2D eigenvalue weighted by Gasteiger charge is -2.16. The molecule has 2 N–H and O–H groups in total. The van der Waals surface area contributed by atoms with Gasteiger partial charge in [0.1, 0.15) is 12.4 Å². The molecule has 1 aromatic rings. The van der Waals surface area contributed by atoms with Gasteiger partial charge in [0.15, 0.2) is 0 Å². The zero-order valence-electron chi connectivity index (χ0n) is 12.2. The Hall–Kier alpha value is -2.03. The number of nitrogens with one attached hydrogen (secondary N) is 1. The van der Waals surface area contributed by atoms with Gasteiger partial charge in [-0.1, -0.05) is 11.8 Å². The van der Waals surface area contributed by atoms with E-state index in [1.54, 1.807) is 25.3 Å². The Labute approximate surface area is 124 Å². The summed E-state index contributed by atoms with van der Waals surface area (Å²) in [5, 5.41) is 11.6. The molecule has 2 atom stereocenters. The van der Waals surface area contributed by atoms with Crippen LogP contribution in [0.3, 0.4) is 0 Å². The van der Waals surface area contributed by atoms with E-state index in [-0.39, 0.29) is 24.5 Å². The van der Waals surface area contributed by atoms with Crippen molar-refractivity contribution in [2.45, 2.75) is 19.4 Å². The lowest BCUT2D eigenvalue weighted by Crippen LogP contribution is -2.27. The predicted octanol–water partition coefficient (Wildman–Crippen LogP) is 1.40. The van der Waals surface area contributed by atoms with Gasteiger partial charge in [-0.25, -0.2) is 0 Å². The molecule has 0 aliphatic carbocycles. The Bertz CT molecular complexity index is 573. The van der Waals surface area contributed by atoms with Gasteiger partial charge in [-0.05, 0) is 31.5 Å². The SMILES string of the molecule is COc1ccc(C#CCO)cc1NC(=O)C1CCOC1C. The molecular weight excluding hydrogens is 270 g/mol. The van der Waals surface area contributed by atoms with E-state index in [0.29, 0.717) is 23.6 Å². The highest BCUT2D eigenvalue weighted by Gasteiger charge is 2.31. The highest BCUT2D eigenvalue weighted by atomic mass is 16.5. The monoisotopic (exact) mass is 289 g/mol. The van der Waals surface area contributed by atoms with Crippen LogP contribution in [0.4, 0.5) is 5.69 Å². The van der Waals surface area contributed by atoms with Gasteiger partial charge in [-0.15, -0.1) is 0 Å². The van der Waals surface area contributed by atoms with Crippen molar-refractivity contribution >= 4 is 11.6 Å². The topological polar surface area (TPSA) is 67.8 Å². The van der Waals surface area contributed by atoms with Gasteiger partial charge in [0.2, 0.25) is 5.91 Å². The van der Waals surface area contributed by atoms with Crippen LogP contribution in [0.1, 0.15) is 18.9 Å². The number of ether oxygens (including phenoxy) is 2. The first-order chi connectivity index (χ1) is 10.2. The minimum Gasteiger partial charge on any atom is -0.495 e. The first-order valence-corrected chi connectivity index (χ1v) is 6.86. The van der Waals surface area contributed by atoms with Crippen molar-refractivity contribution in [3.05, 3.63) is 23.8 Å². The smallest absolute Gasteiger partial charge is 0.230 e. The Kier molecular flexibility index (Phi) is 5.20. The zero-order valence-corrected chi connectivity index (χ0v) is 12.2. The van der Waals surface area contributed by atoms with Crippen LogP contribution in [0.25, 0.3) is 0 Å². The molecule has 1 amide bonds. The van der Waals surface area contributed by atoms with Gasteiger partial charge < -0.3 is 19.9 Å². The van der Waals surface area contributed by atoms with E-state index >= 15 is 0 Å². The molecule has 1 saturated heterocycles. The maximum Gasteiger partial charge on any atom is 0.230 e. The number of aliphatic hydroxyl groups is 1. The Morgan fingerprint density at radius 1 is 1.57 bits per heavy atom. The molecule has 0 saturated carbocycles. The molecule has 1 heterocycles. The highest BCUT2D eigenvalue weighted by molar-refractivity contribution is 5.94. The third-order valence-corrected chi connectivity index (χ3v) is 3.48. The summed E-state index contributed by atoms with van der Waals surface area (Å²) in [4.78, 5) is 12.3. The molecule has 0 radical (unpaired) electrons. The van der Waals surface area contributed by atoms with Crippen LogP contribution in [-0.2, 0) is 9.53 Å². The minimum atomic E-state index is -0.204. The number of carbonyl (C=O) groups excluding carboxylic acids is 1. The van der Waals surface area contributed by atoms with E-state index in [9.17, 15) is 4.79 Å². The Balaban J connectivity index is 2.18. The van der Waals surface area contributed by atoms with Gasteiger partial charge in [0, 0.05) is 12.2 Å². The van der Waals surface area contributed by atoms with Crippen LogP contribution in [0.15, 0.2) is 18.2 Å². The van der Waals surface area contributed by atoms with Gasteiger partial charge >= 0.3 is 0 Å². The van der Waals surface area contributed by atoms with Crippen molar-refractivity contribution in [3.8, 4) is 17.6 Å². The average Bonchev–Trinajstić information content (AvgIpc) is 2.91. The summed E-state index contributed by atoms with van der Waals surface area (Å²) < 4.78 is 10.7. The largest absolute Gasteiger partial charge is 0.495 e. The summed E-state index contributed by atoms with van der Waals surface area (Å²) in [5.74, 6) is 5.73. The number of hydrogen-bond donors (Lipinski definition) is 2. The summed E-state index contributed by atoms with van der Waals surface area (Å²) in [6.07, 6.45) is 0.646. The van der Waals surface area contributed by atoms with Crippen molar-refractivity contribution in [2.24, 2.45) is 5.92 Å². The number of anilines is 1. The van der Waals surface area contributed by atoms with Gasteiger partial charge in [0.25, 0.3) is 0 Å². The van der Waals surface area contributed by atoms with E-state index in [1.807, 2.05) is 6.92 Å². The van der Waals surface area contributed by atoms with Crippen LogP contribution in [0, 0.1) is 17.8 Å². The molecule has 112 valence electrons. The molecule has 21 heavy (non-hydrogen) atoms. The third kappa shape index (κ3) is 3.75. The molecule has 1 fully saturated rings. The zero-order chi connectivity index (χ0) is 15.2. The first kappa shape index (κ1) is 15.4. The van der Waals surface area contributed by atoms with E-state index in [1.165, 1.54) is 0 Å². The van der Waals surface area contributed by atoms with Gasteiger partial charge in [-0.2, -0.15) is 0 Å². The van der Waals surface area contributed by atoms with Crippen molar-refractivity contribution in [1.29, 1.82) is 0 Å². The average molecular weight is 289 g/mol. The van der Waals surface area contributed by atoms with E-state index < -0.39 is 0 Å². The maximum atomic E-state index is 12.3. The molecule has 1 aliphatic rings. The summed E-state index contributed by atoms with van der Waals surface area (Å²) in [6.45, 7) is 2.31. The van der Waals surface area contributed by atoms with E-state index in [2.05, 4.69) is 17.2 Å². The lowest BCUT2D eigenvalue weighted by atomic mass is 10.0. The number of amides is 1. The quantitative estimate of drug-likeness (QED) is 0.825. The molecule has 2 rings (SSSR count). The number of methoxy groups -OCH3 is 1. The minimum absolute atomic E-state index is 0.0756. The predicted molar refractivity (Wildman–Crippen MR) is 79.1 cm³/mol. The Morgan fingerprint density at radius 3 is 3.00 bits per heavy atom. The van der Waals surface area contributed by atoms with Crippen molar-refractivity contribution in [3.63, 3.8) is 0 Å². The van der Waals surface area contributed by atoms with Gasteiger partial charge in [-0.3, -0.25) is 4.79 Å². The van der Waals surface area contributed by atoms with Crippen LogP contribution in [-0.4, -0.2) is 37.4 Å². The third-order valence-electron chi connectivity index (χ3n) is 3.48. The molecule has 5 heteroatoms. The normalized spacial score (nSPS) is 20.5. The molecule has 0 aromatic heterocycles. The number of carbonyl (C=O) groups is 1. The van der Waals surface area contributed by atoms with Crippen molar-refractivity contribution < 1.29 is 19.4 Å². The second-order valence-corrected chi connectivity index (χ2v) is 4.84. The number of hydrogen-bond acceptors (Lipinski definition) is 4. The highest BCUT2D eigenvalue weighted by Crippen LogP contribution is 2.28. The molecule has 0 bridgehead atoms. The van der Waals surface area contributed by atoms with Crippen LogP contribution in [0.2, 0.25) is 0 Å². The number of aliphatic hydroxyl groups excluding tert-OH is 1. The first-order valence-electron chi connectivity index (χ1n) is 6.86. The second kappa shape index (κ2) is 7.11. The standard InChI is InChI=1S/C16H19NO4/c1-11-13(7-9-21-11)16(19)17-14-10-12(4-3-8-18)5-6-15(14)20-2/h5-6,10-11,13,18H,7-9H2,1-2H3,(H,17,19). The van der Waals surface area contributed by atoms with E-state index in [4.69, 9.17) is 14.6 Å². The molecule has 1 aliphatic heterocycles. The number of rotatable bonds is 3. The molecule has 5 nitrogen and oxygen atoms in total. The summed E-state index contributed by atoms with van der Waals surface area (Å²) in [7, 11) is 1.55. The fourth-order valence-corrected chi connectivity index (χ4v) is 2.33. The lowest BCUT2D eigenvalue weighted by molar-refractivity contribution is -0.121. The van der Waals surface area contributed by atoms with E-state index in [0.717, 1.165) is 6.42 Å². The van der Waals surface area contributed by atoms with Crippen LogP contribution < -0.4 is 10.1 Å². The van der Waals surface area contributed by atoms with Crippen molar-refractivity contribution in [2.75, 3.05) is 25.6 Å². The molecular formula is C16H19NO4. The Morgan fingerprint density at radius 2 is 2.38 bits per heavy atom. The molecule has 2 unspecified atom stereocenters. The van der Waals surface area contributed by atoms with Crippen LogP contribution in [0.5, 0.6) is 5.75 Å². The fourth-order valence-electron chi connectivity index (χ4n) is 2.33. The molecule has 1 aromatic carbocycles. The molecule has 0 spiro atoms. The summed E-state index contributed by atoms with van der Waals surface area (Å²) in [6, 6.07) is 5.25. The maximum absolute atomic E-state index is 12.3.